The Morgan fingerprint density at radius 2 is 0.792 bits per heavy atom. The normalized spacial score (nSPS) is 12.9. The highest BCUT2D eigenvalue weighted by Crippen LogP contribution is 2.42. The van der Waals surface area contributed by atoms with E-state index in [1.165, 1.54) is 54.8 Å². The van der Waals surface area contributed by atoms with Gasteiger partial charge in [-0.05, 0) is 121 Å². The Kier molecular flexibility index (Phi) is 5.71. The summed E-state index contributed by atoms with van der Waals surface area (Å²) in [6.45, 7) is 4.03. The molecule has 0 saturated heterocycles. The van der Waals surface area contributed by atoms with Crippen molar-refractivity contribution in [1.82, 2.24) is 9.13 Å². The van der Waals surface area contributed by atoms with Gasteiger partial charge >= 0.3 is 0 Å². The van der Waals surface area contributed by atoms with E-state index in [1.807, 2.05) is 19.1 Å². The molecule has 0 aliphatic rings. The number of hydrogen-bond donors (Lipinski definition) is 0. The zero-order valence-electron chi connectivity index (χ0n) is 30.3. The summed E-state index contributed by atoms with van der Waals surface area (Å²) in [6, 6.07) is 51.7. The van der Waals surface area contributed by atoms with Gasteiger partial charge in [-0.2, -0.15) is 0 Å². The molecule has 0 N–H and O–H groups in total. The summed E-state index contributed by atoms with van der Waals surface area (Å²) in [4.78, 5) is 0. The van der Waals surface area contributed by atoms with Crippen LogP contribution < -0.4 is 0 Å². The van der Waals surface area contributed by atoms with Gasteiger partial charge in [-0.3, -0.25) is 0 Å². The maximum Gasteiger partial charge on any atom is 0.0548 e. The summed E-state index contributed by atoms with van der Waals surface area (Å²) in [7, 11) is 0. The van der Waals surface area contributed by atoms with Crippen LogP contribution in [0, 0.1) is 27.6 Å². The highest BCUT2D eigenvalue weighted by atomic mass is 15.0. The largest absolute Gasteiger partial charge is 0.309 e. The first-order valence-electron chi connectivity index (χ1n) is 18.0. The highest BCUT2D eigenvalue weighted by Gasteiger charge is 2.20. The number of para-hydroxylation sites is 2. The van der Waals surface area contributed by atoms with Crippen LogP contribution in [-0.4, -0.2) is 9.13 Å². The van der Waals surface area contributed by atoms with Crippen molar-refractivity contribution >= 4 is 43.6 Å². The maximum absolute atomic E-state index is 7.99. The lowest BCUT2D eigenvalue weighted by Crippen LogP contribution is -1.95. The first-order chi connectivity index (χ1) is 24.7. The topological polar surface area (TPSA) is 9.86 Å². The van der Waals surface area contributed by atoms with E-state index < -0.39 is 6.85 Å². The van der Waals surface area contributed by atoms with Crippen molar-refractivity contribution in [3.8, 4) is 33.6 Å². The van der Waals surface area contributed by atoms with Crippen molar-refractivity contribution in [1.29, 1.82) is 0 Å². The summed E-state index contributed by atoms with van der Waals surface area (Å²) in [6.07, 6.45) is 0. The fourth-order valence-electron chi connectivity index (χ4n) is 7.40. The molecule has 0 aliphatic carbocycles. The molecule has 0 aliphatic heterocycles. The van der Waals surface area contributed by atoms with Gasteiger partial charge in [-0.15, -0.1) is 0 Å². The second kappa shape index (κ2) is 10.9. The summed E-state index contributed by atoms with van der Waals surface area (Å²) in [5, 5.41) is 4.90. The first kappa shape index (κ1) is 25.3. The second-order valence-corrected chi connectivity index (χ2v) is 13.0. The smallest absolute Gasteiger partial charge is 0.0548 e. The predicted octanol–water partition coefficient (Wildman–Crippen LogP) is 12.4. The van der Waals surface area contributed by atoms with Gasteiger partial charge in [-0.1, -0.05) is 97.1 Å². The second-order valence-electron chi connectivity index (χ2n) is 13.0. The van der Waals surface area contributed by atoms with E-state index in [0.717, 1.165) is 39.1 Å². The Balaban J connectivity index is 1.21. The molecule has 7 aromatic carbocycles. The third kappa shape index (κ3) is 4.33. The average Bonchev–Trinajstić information content (AvgIpc) is 3.65. The lowest BCUT2D eigenvalue weighted by Gasteiger charge is -2.11. The molecule has 0 saturated carbocycles. The molecule has 9 aromatic rings. The van der Waals surface area contributed by atoms with E-state index in [4.69, 9.17) is 4.11 Å². The fourth-order valence-corrected chi connectivity index (χ4v) is 7.40. The van der Waals surface area contributed by atoms with Crippen LogP contribution in [0.3, 0.4) is 0 Å². The Labute approximate surface area is 285 Å². The number of fused-ring (bicyclic) bond motifs is 7. The van der Waals surface area contributed by atoms with Crippen molar-refractivity contribution in [3.05, 3.63) is 168 Å². The number of aromatic nitrogens is 2. The number of aryl methyl sites for hydroxylation is 4. The molecule has 230 valence electrons. The zero-order valence-corrected chi connectivity index (χ0v) is 27.3. The van der Waals surface area contributed by atoms with Crippen molar-refractivity contribution < 1.29 is 4.11 Å². The van der Waals surface area contributed by atoms with Gasteiger partial charge in [0.05, 0.1) is 22.1 Å². The summed E-state index contributed by atoms with van der Waals surface area (Å²) < 4.78 is 28.7. The van der Waals surface area contributed by atoms with E-state index in [1.54, 1.807) is 6.07 Å². The number of rotatable bonds is 4. The van der Waals surface area contributed by atoms with Crippen LogP contribution in [0.2, 0.25) is 0 Å². The lowest BCUT2D eigenvalue weighted by molar-refractivity contribution is 1.17. The molecular weight excluding hydrogens is 581 g/mol. The SMILES string of the molecule is [2H]C([2H])([2H])c1cc(-c2ccc(-n3c4ccccc4c4c5c6ccccc6n(-c6ccc(-c7ccc(C)c(C)c7)cc6)c5ccc43)cc2)ccc1C. The van der Waals surface area contributed by atoms with Crippen LogP contribution in [0.15, 0.2) is 146 Å². The van der Waals surface area contributed by atoms with Crippen LogP contribution in [0.1, 0.15) is 26.4 Å². The Bertz CT molecular complexity index is 2800. The van der Waals surface area contributed by atoms with Gasteiger partial charge in [0.2, 0.25) is 0 Å². The van der Waals surface area contributed by atoms with Crippen molar-refractivity contribution in [3.63, 3.8) is 0 Å². The van der Waals surface area contributed by atoms with Gasteiger partial charge in [-0.25, -0.2) is 0 Å². The zero-order chi connectivity index (χ0) is 35.0. The molecule has 0 bridgehead atoms. The van der Waals surface area contributed by atoms with E-state index >= 15 is 0 Å². The molecule has 2 nitrogen and oxygen atoms in total. The van der Waals surface area contributed by atoms with Crippen molar-refractivity contribution in [2.45, 2.75) is 27.6 Å². The molecular formula is C46H36N2. The van der Waals surface area contributed by atoms with Crippen LogP contribution in [0.4, 0.5) is 0 Å². The van der Waals surface area contributed by atoms with Gasteiger partial charge in [0.15, 0.2) is 0 Å². The summed E-state index contributed by atoms with van der Waals surface area (Å²) >= 11 is 0. The number of hydrogen-bond acceptors (Lipinski definition) is 0. The molecule has 2 heteroatoms. The Hall–Kier alpha value is -5.86. The standard InChI is InChI=1S/C46H36N2/c1-29-13-15-35(27-31(29)3)33-17-21-37(22-18-33)47-41-11-7-5-9-39(41)45-43(47)25-26-44-46(45)40-10-6-8-12-42(40)48(44)38-23-19-34(20-24-38)36-16-14-30(2)32(4)28-36/h5-28H,1-4H3/i3D3. The van der Waals surface area contributed by atoms with Gasteiger partial charge in [0.25, 0.3) is 0 Å². The van der Waals surface area contributed by atoms with E-state index in [9.17, 15) is 0 Å². The molecule has 9 rings (SSSR count). The van der Waals surface area contributed by atoms with Gasteiger partial charge < -0.3 is 9.13 Å². The minimum absolute atomic E-state index is 0.395. The maximum atomic E-state index is 7.99. The molecule has 0 atom stereocenters. The van der Waals surface area contributed by atoms with E-state index in [-0.39, 0.29) is 0 Å². The number of nitrogens with zero attached hydrogens (tertiary/aromatic N) is 2. The first-order valence-corrected chi connectivity index (χ1v) is 16.5. The van der Waals surface area contributed by atoms with Crippen LogP contribution in [-0.2, 0) is 0 Å². The van der Waals surface area contributed by atoms with E-state index in [2.05, 4.69) is 150 Å². The Morgan fingerprint density at radius 1 is 0.375 bits per heavy atom. The van der Waals surface area contributed by atoms with Crippen molar-refractivity contribution in [2.24, 2.45) is 0 Å². The van der Waals surface area contributed by atoms with Crippen LogP contribution >= 0.6 is 0 Å². The van der Waals surface area contributed by atoms with E-state index in [0.29, 0.717) is 5.56 Å². The summed E-state index contributed by atoms with van der Waals surface area (Å²) in [5.41, 5.74) is 14.9. The van der Waals surface area contributed by atoms with Crippen molar-refractivity contribution in [2.75, 3.05) is 0 Å². The molecule has 0 radical (unpaired) electrons. The minimum atomic E-state index is -2.15. The molecule has 0 spiro atoms. The molecule has 0 fully saturated rings. The lowest BCUT2D eigenvalue weighted by atomic mass is 10.0. The van der Waals surface area contributed by atoms with Gasteiger partial charge in [0.1, 0.15) is 0 Å². The molecule has 0 amide bonds. The molecule has 48 heavy (non-hydrogen) atoms. The van der Waals surface area contributed by atoms with Crippen LogP contribution in [0.25, 0.3) is 77.2 Å². The minimum Gasteiger partial charge on any atom is -0.309 e. The van der Waals surface area contributed by atoms with Crippen LogP contribution in [0.5, 0.6) is 0 Å². The monoisotopic (exact) mass is 619 g/mol. The predicted molar refractivity (Wildman–Crippen MR) is 205 cm³/mol. The Morgan fingerprint density at radius 3 is 1.27 bits per heavy atom. The highest BCUT2D eigenvalue weighted by molar-refractivity contribution is 6.28. The third-order valence-electron chi connectivity index (χ3n) is 10.1. The van der Waals surface area contributed by atoms with Gasteiger partial charge in [0, 0.05) is 37.0 Å². The number of benzene rings is 7. The molecule has 2 aromatic heterocycles. The summed E-state index contributed by atoms with van der Waals surface area (Å²) in [5.74, 6) is 0. The average molecular weight is 620 g/mol. The quantitative estimate of drug-likeness (QED) is 0.185. The fraction of sp³-hybridized carbons (Fsp3) is 0.0870. The molecule has 2 heterocycles. The third-order valence-corrected chi connectivity index (χ3v) is 10.1. The molecule has 0 unspecified atom stereocenters.